The number of likely N-dealkylation sites (tertiary alicyclic amines) is 1. The van der Waals surface area contributed by atoms with Gasteiger partial charge in [-0.2, -0.15) is 4.31 Å². The fourth-order valence-electron chi connectivity index (χ4n) is 3.88. The Labute approximate surface area is 163 Å². The molecule has 0 bridgehead atoms. The number of piperazine rings is 1. The van der Waals surface area contributed by atoms with Gasteiger partial charge in [-0.15, -0.1) is 0 Å². The summed E-state index contributed by atoms with van der Waals surface area (Å²) in [4.78, 5) is 17.2. The molecular weight excluding hydrogens is 362 g/mol. The number of carbonyl (C=O) groups excluding carboxylic acids is 1. The van der Waals surface area contributed by atoms with Gasteiger partial charge in [-0.3, -0.25) is 9.69 Å². The molecule has 2 saturated heterocycles. The van der Waals surface area contributed by atoms with Gasteiger partial charge in [0.05, 0.1) is 10.9 Å². The van der Waals surface area contributed by atoms with Crippen molar-refractivity contribution in [2.24, 2.45) is 5.92 Å². The number of carbonyl (C=O) groups is 1. The number of amides is 1. The number of sulfonamides is 1. The molecule has 1 amide bonds. The van der Waals surface area contributed by atoms with Crippen molar-refractivity contribution < 1.29 is 13.2 Å². The zero-order valence-corrected chi connectivity index (χ0v) is 17.4. The normalized spacial score (nSPS) is 22.7. The molecule has 0 spiro atoms. The van der Waals surface area contributed by atoms with Crippen LogP contribution in [0.1, 0.15) is 32.3 Å². The van der Waals surface area contributed by atoms with E-state index in [0.717, 1.165) is 31.5 Å². The van der Waals surface area contributed by atoms with Gasteiger partial charge in [-0.25, -0.2) is 8.42 Å². The topological polar surface area (TPSA) is 60.9 Å². The molecule has 150 valence electrons. The van der Waals surface area contributed by atoms with E-state index in [1.165, 1.54) is 0 Å². The van der Waals surface area contributed by atoms with E-state index >= 15 is 0 Å². The largest absolute Gasteiger partial charge is 0.341 e. The van der Waals surface area contributed by atoms with Crippen molar-refractivity contribution >= 4 is 15.9 Å². The second-order valence-corrected chi connectivity index (χ2v) is 10.0. The fourth-order valence-corrected chi connectivity index (χ4v) is 5.41. The third-order valence-corrected chi connectivity index (χ3v) is 7.48. The summed E-state index contributed by atoms with van der Waals surface area (Å²) < 4.78 is 27.3. The molecule has 0 radical (unpaired) electrons. The van der Waals surface area contributed by atoms with Crippen molar-refractivity contribution in [2.45, 2.75) is 44.6 Å². The van der Waals surface area contributed by atoms with Crippen LogP contribution in [0.5, 0.6) is 0 Å². The first kappa shape index (κ1) is 20.3. The predicted molar refractivity (Wildman–Crippen MR) is 106 cm³/mol. The van der Waals surface area contributed by atoms with Gasteiger partial charge in [-0.1, -0.05) is 26.0 Å². The number of benzene rings is 1. The average molecular weight is 394 g/mol. The third-order valence-electron chi connectivity index (χ3n) is 5.59. The van der Waals surface area contributed by atoms with Crippen LogP contribution in [0.4, 0.5) is 0 Å². The monoisotopic (exact) mass is 393 g/mol. The van der Waals surface area contributed by atoms with Crippen molar-refractivity contribution in [3.8, 4) is 0 Å². The number of hydrogen-bond acceptors (Lipinski definition) is 4. The van der Waals surface area contributed by atoms with Crippen LogP contribution < -0.4 is 0 Å². The maximum absolute atomic E-state index is 12.9. The highest BCUT2D eigenvalue weighted by atomic mass is 32.2. The Hall–Kier alpha value is -1.44. The lowest BCUT2D eigenvalue weighted by Crippen LogP contribution is -2.53. The standard InChI is InChI=1S/C20H31N3O3S/c1-16(2)7-9-22-10-8-19(20(22)24)21-11-13-23(14-12-21)27(25,26)18-6-4-5-17(3)15-18/h4-6,15-16,19H,7-14H2,1-3H3. The molecule has 27 heavy (non-hydrogen) atoms. The van der Waals surface area contributed by atoms with Crippen LogP contribution in [0.3, 0.4) is 0 Å². The van der Waals surface area contributed by atoms with E-state index in [2.05, 4.69) is 18.7 Å². The summed E-state index contributed by atoms with van der Waals surface area (Å²) in [5.41, 5.74) is 0.938. The highest BCUT2D eigenvalue weighted by Crippen LogP contribution is 2.23. The number of rotatable bonds is 6. The Morgan fingerprint density at radius 2 is 1.81 bits per heavy atom. The van der Waals surface area contributed by atoms with Gasteiger partial charge in [-0.05, 0) is 43.4 Å². The molecule has 2 heterocycles. The van der Waals surface area contributed by atoms with Gasteiger partial charge in [0.1, 0.15) is 0 Å². The molecule has 0 N–H and O–H groups in total. The summed E-state index contributed by atoms with van der Waals surface area (Å²) in [6, 6.07) is 6.96. The summed E-state index contributed by atoms with van der Waals surface area (Å²) >= 11 is 0. The molecule has 3 rings (SSSR count). The Morgan fingerprint density at radius 1 is 1.11 bits per heavy atom. The van der Waals surface area contributed by atoms with Crippen LogP contribution in [0, 0.1) is 12.8 Å². The molecular formula is C20H31N3O3S. The summed E-state index contributed by atoms with van der Waals surface area (Å²) in [6.45, 7) is 9.98. The lowest BCUT2D eigenvalue weighted by atomic mass is 10.1. The minimum atomic E-state index is -3.46. The Morgan fingerprint density at radius 3 is 2.44 bits per heavy atom. The molecule has 0 aliphatic carbocycles. The molecule has 7 heteroatoms. The van der Waals surface area contributed by atoms with E-state index in [9.17, 15) is 13.2 Å². The van der Waals surface area contributed by atoms with E-state index in [4.69, 9.17) is 0 Å². The number of aryl methyl sites for hydroxylation is 1. The quantitative estimate of drug-likeness (QED) is 0.741. The molecule has 0 aromatic heterocycles. The van der Waals surface area contributed by atoms with Gasteiger partial charge in [0.2, 0.25) is 15.9 Å². The average Bonchev–Trinajstić information content (AvgIpc) is 3.00. The first-order valence-corrected chi connectivity index (χ1v) is 11.3. The summed E-state index contributed by atoms with van der Waals surface area (Å²) in [6.07, 6.45) is 1.88. The molecule has 2 aliphatic heterocycles. The van der Waals surface area contributed by atoms with Crippen LogP contribution in [0.25, 0.3) is 0 Å². The Kier molecular flexibility index (Phi) is 6.23. The van der Waals surface area contributed by atoms with Gasteiger partial charge in [0.25, 0.3) is 0 Å². The molecule has 1 unspecified atom stereocenters. The van der Waals surface area contributed by atoms with Crippen LogP contribution in [0.2, 0.25) is 0 Å². The van der Waals surface area contributed by atoms with Crippen molar-refractivity contribution in [2.75, 3.05) is 39.3 Å². The smallest absolute Gasteiger partial charge is 0.243 e. The highest BCUT2D eigenvalue weighted by molar-refractivity contribution is 7.89. The molecule has 2 aliphatic rings. The summed E-state index contributed by atoms with van der Waals surface area (Å²) in [7, 11) is -3.46. The van der Waals surface area contributed by atoms with Crippen LogP contribution >= 0.6 is 0 Å². The zero-order chi connectivity index (χ0) is 19.6. The van der Waals surface area contributed by atoms with Crippen LogP contribution in [-0.4, -0.2) is 73.7 Å². The van der Waals surface area contributed by atoms with Crippen LogP contribution in [0.15, 0.2) is 29.2 Å². The lowest BCUT2D eigenvalue weighted by Gasteiger charge is -2.36. The lowest BCUT2D eigenvalue weighted by molar-refractivity contribution is -0.132. The number of hydrogen-bond donors (Lipinski definition) is 0. The van der Waals surface area contributed by atoms with E-state index in [1.54, 1.807) is 22.5 Å². The van der Waals surface area contributed by atoms with Gasteiger partial charge >= 0.3 is 0 Å². The van der Waals surface area contributed by atoms with E-state index in [1.807, 2.05) is 17.9 Å². The third kappa shape index (κ3) is 4.52. The Balaban J connectivity index is 1.58. The molecule has 0 saturated carbocycles. The SMILES string of the molecule is Cc1cccc(S(=O)(=O)N2CCN(C3CCN(CCC(C)C)C3=O)CC2)c1. The molecule has 1 aromatic rings. The zero-order valence-electron chi connectivity index (χ0n) is 16.6. The molecule has 1 atom stereocenters. The van der Waals surface area contributed by atoms with E-state index in [0.29, 0.717) is 37.0 Å². The van der Waals surface area contributed by atoms with Crippen molar-refractivity contribution in [1.82, 2.24) is 14.1 Å². The van der Waals surface area contributed by atoms with Gasteiger partial charge in [0.15, 0.2) is 0 Å². The Bertz CT molecular complexity index is 770. The maximum atomic E-state index is 12.9. The van der Waals surface area contributed by atoms with Gasteiger partial charge in [0, 0.05) is 39.3 Å². The predicted octanol–water partition coefficient (Wildman–Crippen LogP) is 1.95. The van der Waals surface area contributed by atoms with Crippen molar-refractivity contribution in [3.63, 3.8) is 0 Å². The summed E-state index contributed by atoms with van der Waals surface area (Å²) in [5.74, 6) is 0.804. The molecule has 1 aromatic carbocycles. The summed E-state index contributed by atoms with van der Waals surface area (Å²) in [5, 5.41) is 0. The second-order valence-electron chi connectivity index (χ2n) is 8.07. The molecule has 6 nitrogen and oxygen atoms in total. The minimum absolute atomic E-state index is 0.0824. The van der Waals surface area contributed by atoms with Gasteiger partial charge < -0.3 is 4.90 Å². The maximum Gasteiger partial charge on any atom is 0.243 e. The first-order chi connectivity index (χ1) is 12.8. The van der Waals surface area contributed by atoms with Crippen molar-refractivity contribution in [1.29, 1.82) is 0 Å². The van der Waals surface area contributed by atoms with Crippen molar-refractivity contribution in [3.05, 3.63) is 29.8 Å². The van der Waals surface area contributed by atoms with E-state index < -0.39 is 10.0 Å². The minimum Gasteiger partial charge on any atom is -0.341 e. The highest BCUT2D eigenvalue weighted by Gasteiger charge is 2.38. The fraction of sp³-hybridized carbons (Fsp3) is 0.650. The van der Waals surface area contributed by atoms with E-state index in [-0.39, 0.29) is 11.9 Å². The van der Waals surface area contributed by atoms with Crippen LogP contribution in [-0.2, 0) is 14.8 Å². The number of nitrogens with zero attached hydrogens (tertiary/aromatic N) is 3. The first-order valence-electron chi connectivity index (χ1n) is 9.88. The second kappa shape index (κ2) is 8.29. The molecule has 2 fully saturated rings.